The van der Waals surface area contributed by atoms with Gasteiger partial charge in [0, 0.05) is 36.1 Å². The minimum absolute atomic E-state index is 0.00196. The van der Waals surface area contributed by atoms with E-state index in [0.29, 0.717) is 45.3 Å². The molecule has 0 saturated heterocycles. The lowest BCUT2D eigenvalue weighted by Crippen LogP contribution is -2.16. The van der Waals surface area contributed by atoms with Gasteiger partial charge in [-0.3, -0.25) is 14.5 Å². The van der Waals surface area contributed by atoms with Gasteiger partial charge >= 0.3 is 0 Å². The van der Waals surface area contributed by atoms with Crippen LogP contribution in [0.5, 0.6) is 0 Å². The van der Waals surface area contributed by atoms with Crippen molar-refractivity contribution in [1.29, 1.82) is 0 Å². The van der Waals surface area contributed by atoms with Gasteiger partial charge in [-0.05, 0) is 31.0 Å². The average Bonchev–Trinajstić information content (AvgIpc) is 3.42. The molecule has 0 bridgehead atoms. The highest BCUT2D eigenvalue weighted by Crippen LogP contribution is 2.35. The molecular formula is C22H19ClN6O2. The molecule has 0 amide bonds. The Bertz CT molecular complexity index is 1280. The summed E-state index contributed by atoms with van der Waals surface area (Å²) in [4.78, 5) is 24.7. The number of halogens is 1. The van der Waals surface area contributed by atoms with Crippen LogP contribution in [0.2, 0.25) is 5.02 Å². The van der Waals surface area contributed by atoms with Gasteiger partial charge in [0.25, 0.3) is 5.69 Å². The summed E-state index contributed by atoms with van der Waals surface area (Å²) >= 11 is 6.41. The number of aromatic nitrogens is 4. The number of hydrogen-bond donors (Lipinski definition) is 1. The molecular weight excluding hydrogens is 416 g/mol. The van der Waals surface area contributed by atoms with Gasteiger partial charge in [-0.15, -0.1) is 0 Å². The Morgan fingerprint density at radius 3 is 2.77 bits per heavy atom. The Morgan fingerprint density at radius 2 is 1.97 bits per heavy atom. The number of nitro groups is 1. The lowest BCUT2D eigenvalue weighted by molar-refractivity contribution is -0.384. The Morgan fingerprint density at radius 1 is 1.13 bits per heavy atom. The number of nitrogens with one attached hydrogen (secondary N) is 1. The van der Waals surface area contributed by atoms with Gasteiger partial charge in [0.2, 0.25) is 5.95 Å². The quantitative estimate of drug-likeness (QED) is 0.334. The fraction of sp³-hybridized carbons (Fsp3) is 0.227. The third-order valence-electron chi connectivity index (χ3n) is 5.52. The number of anilines is 1. The predicted molar refractivity (Wildman–Crippen MR) is 119 cm³/mol. The first-order valence-corrected chi connectivity index (χ1v) is 10.5. The molecule has 9 heteroatoms. The van der Waals surface area contributed by atoms with Gasteiger partial charge in [-0.25, -0.2) is 15.0 Å². The summed E-state index contributed by atoms with van der Waals surface area (Å²) in [6.45, 7) is 0. The van der Waals surface area contributed by atoms with E-state index in [1.165, 1.54) is 25.0 Å². The first kappa shape index (κ1) is 19.4. The van der Waals surface area contributed by atoms with Crippen LogP contribution in [-0.2, 0) is 0 Å². The van der Waals surface area contributed by atoms with Crippen molar-refractivity contribution in [3.63, 3.8) is 0 Å². The van der Waals surface area contributed by atoms with Crippen LogP contribution in [0.15, 0.2) is 54.9 Å². The molecule has 3 aromatic heterocycles. The van der Waals surface area contributed by atoms with Crippen molar-refractivity contribution in [2.45, 2.75) is 31.7 Å². The van der Waals surface area contributed by atoms with Crippen LogP contribution in [0.3, 0.4) is 0 Å². The maximum Gasteiger partial charge on any atom is 0.270 e. The molecule has 0 aliphatic heterocycles. The van der Waals surface area contributed by atoms with Gasteiger partial charge in [-0.1, -0.05) is 36.6 Å². The molecule has 31 heavy (non-hydrogen) atoms. The molecule has 1 N–H and O–H groups in total. The molecule has 1 saturated carbocycles. The highest BCUT2D eigenvalue weighted by Gasteiger charge is 2.21. The Balaban J connectivity index is 1.68. The van der Waals surface area contributed by atoms with Gasteiger partial charge < -0.3 is 5.32 Å². The Hall–Kier alpha value is -3.52. The molecule has 1 aliphatic carbocycles. The zero-order chi connectivity index (χ0) is 21.4. The summed E-state index contributed by atoms with van der Waals surface area (Å²) in [5, 5.41) is 15.2. The Kier molecular flexibility index (Phi) is 4.99. The van der Waals surface area contributed by atoms with Crippen LogP contribution < -0.4 is 5.32 Å². The molecule has 4 aromatic rings. The minimum atomic E-state index is -0.416. The second kappa shape index (κ2) is 7.96. The van der Waals surface area contributed by atoms with E-state index in [0.717, 1.165) is 12.8 Å². The number of nitro benzene ring substituents is 1. The SMILES string of the molecule is O=[N+]([O-])c1cccc(-c2nc3c(Cl)cccn3c2-c2ccnc(NC3CCCC3)n2)c1. The molecule has 1 fully saturated rings. The molecule has 156 valence electrons. The molecule has 0 unspecified atom stereocenters. The summed E-state index contributed by atoms with van der Waals surface area (Å²) in [6.07, 6.45) is 8.20. The van der Waals surface area contributed by atoms with Crippen LogP contribution >= 0.6 is 11.6 Å². The molecule has 3 heterocycles. The highest BCUT2D eigenvalue weighted by molar-refractivity contribution is 6.33. The number of fused-ring (bicyclic) bond motifs is 1. The van der Waals surface area contributed by atoms with Crippen molar-refractivity contribution >= 4 is 28.9 Å². The first-order chi connectivity index (χ1) is 15.1. The van der Waals surface area contributed by atoms with E-state index in [1.54, 1.807) is 24.4 Å². The molecule has 5 rings (SSSR count). The second-order valence-corrected chi connectivity index (χ2v) is 7.96. The molecule has 0 radical (unpaired) electrons. The van der Waals surface area contributed by atoms with E-state index in [2.05, 4.69) is 10.3 Å². The van der Waals surface area contributed by atoms with Crippen LogP contribution in [-0.4, -0.2) is 30.3 Å². The maximum atomic E-state index is 11.3. The summed E-state index contributed by atoms with van der Waals surface area (Å²) in [6, 6.07) is 12.2. The molecule has 0 atom stereocenters. The summed E-state index contributed by atoms with van der Waals surface area (Å²) in [5.41, 5.74) is 3.11. The molecule has 8 nitrogen and oxygen atoms in total. The number of hydrogen-bond acceptors (Lipinski definition) is 6. The molecule has 0 spiro atoms. The molecule has 1 aliphatic rings. The number of non-ortho nitro benzene ring substituents is 1. The minimum Gasteiger partial charge on any atom is -0.351 e. The third-order valence-corrected chi connectivity index (χ3v) is 5.81. The lowest BCUT2D eigenvalue weighted by Gasteiger charge is -2.12. The van der Waals surface area contributed by atoms with Crippen molar-refractivity contribution in [2.75, 3.05) is 5.32 Å². The number of imidazole rings is 1. The number of benzene rings is 1. The second-order valence-electron chi connectivity index (χ2n) is 7.56. The van der Waals surface area contributed by atoms with Crippen molar-refractivity contribution < 1.29 is 4.92 Å². The Labute approximate surface area is 183 Å². The largest absolute Gasteiger partial charge is 0.351 e. The van der Waals surface area contributed by atoms with Crippen LogP contribution in [0.4, 0.5) is 11.6 Å². The van der Waals surface area contributed by atoms with Crippen molar-refractivity contribution in [3.05, 3.63) is 70.0 Å². The first-order valence-electron chi connectivity index (χ1n) is 10.1. The predicted octanol–water partition coefficient (Wildman–Crippen LogP) is 5.37. The van der Waals surface area contributed by atoms with E-state index >= 15 is 0 Å². The summed E-state index contributed by atoms with van der Waals surface area (Å²) < 4.78 is 1.86. The summed E-state index contributed by atoms with van der Waals surface area (Å²) in [5.74, 6) is 0.561. The van der Waals surface area contributed by atoms with Crippen LogP contribution in [0.1, 0.15) is 25.7 Å². The number of pyridine rings is 1. The van der Waals surface area contributed by atoms with Crippen LogP contribution in [0.25, 0.3) is 28.3 Å². The lowest BCUT2D eigenvalue weighted by atomic mass is 10.1. The van der Waals surface area contributed by atoms with Gasteiger partial charge in [0.1, 0.15) is 0 Å². The van der Waals surface area contributed by atoms with E-state index in [1.807, 2.05) is 22.7 Å². The standard InChI is InChI=1S/C22H19ClN6O2/c23-17-9-4-12-28-20(18-10-11-24-22(26-18)25-15-6-1-2-7-15)19(27-21(17)28)14-5-3-8-16(13-14)29(30)31/h3-5,8-13,15H,1-2,6-7H2,(H,24,25,26). The smallest absolute Gasteiger partial charge is 0.270 e. The van der Waals surface area contributed by atoms with Crippen LogP contribution in [0, 0.1) is 10.1 Å². The van der Waals surface area contributed by atoms with Crippen molar-refractivity contribution in [2.24, 2.45) is 0 Å². The fourth-order valence-electron chi connectivity index (χ4n) is 4.06. The van der Waals surface area contributed by atoms with E-state index in [9.17, 15) is 10.1 Å². The van der Waals surface area contributed by atoms with E-state index < -0.39 is 4.92 Å². The van der Waals surface area contributed by atoms with Crippen molar-refractivity contribution in [3.8, 4) is 22.6 Å². The van der Waals surface area contributed by atoms with E-state index in [4.69, 9.17) is 21.6 Å². The van der Waals surface area contributed by atoms with Crippen molar-refractivity contribution in [1.82, 2.24) is 19.4 Å². The van der Waals surface area contributed by atoms with Gasteiger partial charge in [0.15, 0.2) is 5.65 Å². The number of nitrogens with zero attached hydrogens (tertiary/aromatic N) is 5. The average molecular weight is 435 g/mol. The molecule has 1 aromatic carbocycles. The topological polar surface area (TPSA) is 98.2 Å². The number of rotatable bonds is 5. The third kappa shape index (κ3) is 3.70. The highest BCUT2D eigenvalue weighted by atomic mass is 35.5. The monoisotopic (exact) mass is 434 g/mol. The summed E-state index contributed by atoms with van der Waals surface area (Å²) in [7, 11) is 0. The van der Waals surface area contributed by atoms with Gasteiger partial charge in [0.05, 0.1) is 27.0 Å². The van der Waals surface area contributed by atoms with E-state index in [-0.39, 0.29) is 5.69 Å². The normalized spacial score (nSPS) is 14.2. The fourth-order valence-corrected chi connectivity index (χ4v) is 4.27. The zero-order valence-electron chi connectivity index (χ0n) is 16.5. The zero-order valence-corrected chi connectivity index (χ0v) is 17.3. The van der Waals surface area contributed by atoms with Gasteiger partial charge in [-0.2, -0.15) is 0 Å². The maximum absolute atomic E-state index is 11.3.